The van der Waals surface area contributed by atoms with Crippen LogP contribution in [-0.4, -0.2) is 72.1 Å². The van der Waals surface area contributed by atoms with E-state index in [0.717, 1.165) is 41.0 Å². The number of likely N-dealkylation sites (tertiary alicyclic amines) is 1. The van der Waals surface area contributed by atoms with E-state index in [1.807, 2.05) is 57.2 Å². The number of amides is 2. The van der Waals surface area contributed by atoms with Crippen molar-refractivity contribution in [1.82, 2.24) is 29.7 Å². The van der Waals surface area contributed by atoms with Crippen LogP contribution in [0, 0.1) is 11.8 Å². The summed E-state index contributed by atoms with van der Waals surface area (Å²) in [5.74, 6) is 4.22. The second-order valence-corrected chi connectivity index (χ2v) is 14.7. The standard InChI is InChI=1S/C38H46F2N6O4/c1-8-9-10-19-45(34(47)49-36(2,3)4)23-32-41-22-30(42-32)27-16-13-25(14-17-27)11-12-26-15-18-28-29(20-26)44-33(43-28)31-21-38(39,40)24-46(31)35(48)50-37(5,6)7/h13-18,20,22,31H,8-10,19,21,23-24H2,1-7H3,(H,41,42)(H,43,44)/t31-/m0/s1. The zero-order valence-electron chi connectivity index (χ0n) is 29.8. The average Bonchev–Trinajstić information content (AvgIpc) is 3.74. The molecule has 10 nitrogen and oxygen atoms in total. The van der Waals surface area contributed by atoms with Crippen molar-refractivity contribution in [3.05, 3.63) is 71.4 Å². The highest BCUT2D eigenvalue weighted by Crippen LogP contribution is 2.41. The molecule has 2 aromatic heterocycles. The second-order valence-electron chi connectivity index (χ2n) is 14.7. The number of aromatic amines is 2. The third kappa shape index (κ3) is 9.61. The predicted octanol–water partition coefficient (Wildman–Crippen LogP) is 8.60. The van der Waals surface area contributed by atoms with Crippen LogP contribution < -0.4 is 0 Å². The molecule has 1 saturated heterocycles. The first-order chi connectivity index (χ1) is 23.5. The summed E-state index contributed by atoms with van der Waals surface area (Å²) >= 11 is 0. The largest absolute Gasteiger partial charge is 0.444 e. The Kier molecular flexibility index (Phi) is 10.6. The molecule has 0 aliphatic carbocycles. The molecule has 0 spiro atoms. The van der Waals surface area contributed by atoms with Gasteiger partial charge >= 0.3 is 12.2 Å². The van der Waals surface area contributed by atoms with Crippen molar-refractivity contribution in [3.63, 3.8) is 0 Å². The van der Waals surface area contributed by atoms with Crippen LogP contribution in [0.15, 0.2) is 48.7 Å². The summed E-state index contributed by atoms with van der Waals surface area (Å²) < 4.78 is 39.9. The van der Waals surface area contributed by atoms with Crippen LogP contribution >= 0.6 is 0 Å². The number of benzene rings is 2. The van der Waals surface area contributed by atoms with Crippen molar-refractivity contribution >= 4 is 23.2 Å². The number of hydrogen-bond acceptors (Lipinski definition) is 6. The first kappa shape index (κ1) is 36.4. The molecule has 4 aromatic rings. The number of aromatic nitrogens is 4. The fourth-order valence-corrected chi connectivity index (χ4v) is 5.60. The summed E-state index contributed by atoms with van der Waals surface area (Å²) in [5.41, 5.74) is 3.08. The van der Waals surface area contributed by atoms with Gasteiger partial charge in [0.25, 0.3) is 5.92 Å². The molecule has 2 amide bonds. The number of carbonyl (C=O) groups is 2. The van der Waals surface area contributed by atoms with Gasteiger partial charge in [-0.15, -0.1) is 0 Å². The maximum absolute atomic E-state index is 14.5. The number of nitrogens with one attached hydrogen (secondary N) is 2. The van der Waals surface area contributed by atoms with Crippen LogP contribution in [0.5, 0.6) is 0 Å². The third-order valence-electron chi connectivity index (χ3n) is 7.91. The second kappa shape index (κ2) is 14.5. The number of H-pyrrole nitrogens is 2. The van der Waals surface area contributed by atoms with Crippen molar-refractivity contribution in [1.29, 1.82) is 0 Å². The molecule has 5 rings (SSSR count). The van der Waals surface area contributed by atoms with Gasteiger partial charge in [0, 0.05) is 24.1 Å². The first-order valence-corrected chi connectivity index (χ1v) is 17.0. The highest BCUT2D eigenvalue weighted by molar-refractivity contribution is 5.77. The van der Waals surface area contributed by atoms with E-state index in [0.29, 0.717) is 35.5 Å². The van der Waals surface area contributed by atoms with E-state index in [-0.39, 0.29) is 11.9 Å². The number of unbranched alkanes of at least 4 members (excludes halogenated alkanes) is 2. The van der Waals surface area contributed by atoms with Crippen molar-refractivity contribution in [2.24, 2.45) is 0 Å². The number of rotatable bonds is 8. The molecule has 2 aromatic carbocycles. The van der Waals surface area contributed by atoms with Gasteiger partial charge in [-0.25, -0.2) is 28.3 Å². The summed E-state index contributed by atoms with van der Waals surface area (Å²) in [4.78, 5) is 43.8. The Morgan fingerprint density at radius 1 is 0.980 bits per heavy atom. The van der Waals surface area contributed by atoms with Crippen LogP contribution in [0.2, 0.25) is 0 Å². The van der Waals surface area contributed by atoms with Gasteiger partial charge in [-0.3, -0.25) is 4.90 Å². The summed E-state index contributed by atoms with van der Waals surface area (Å²) in [6, 6.07) is 12.2. The number of fused-ring (bicyclic) bond motifs is 1. The SMILES string of the molecule is CCCCCN(Cc1ncc(-c2ccc(C#Cc3ccc4nc([C@@H]5CC(F)(F)CN5C(=O)OC(C)(C)C)[nH]c4c3)cc2)[nH]1)C(=O)OC(C)(C)C. The molecular formula is C38H46F2N6O4. The number of hydrogen-bond donors (Lipinski definition) is 2. The van der Waals surface area contributed by atoms with Gasteiger partial charge in [-0.2, -0.15) is 0 Å². The van der Waals surface area contributed by atoms with Gasteiger partial charge < -0.3 is 24.3 Å². The van der Waals surface area contributed by atoms with E-state index < -0.39 is 42.2 Å². The van der Waals surface area contributed by atoms with Crippen LogP contribution in [0.25, 0.3) is 22.3 Å². The molecule has 1 aliphatic heterocycles. The molecule has 266 valence electrons. The molecule has 1 fully saturated rings. The van der Waals surface area contributed by atoms with E-state index in [1.54, 1.807) is 37.9 Å². The molecule has 0 saturated carbocycles. The number of nitrogens with zero attached hydrogens (tertiary/aromatic N) is 4. The molecular weight excluding hydrogens is 642 g/mol. The zero-order chi connectivity index (χ0) is 36.3. The Labute approximate surface area is 292 Å². The monoisotopic (exact) mass is 688 g/mol. The minimum Gasteiger partial charge on any atom is -0.444 e. The lowest BCUT2D eigenvalue weighted by Crippen LogP contribution is -2.38. The number of imidazole rings is 2. The van der Waals surface area contributed by atoms with E-state index in [2.05, 4.69) is 38.7 Å². The summed E-state index contributed by atoms with van der Waals surface area (Å²) in [7, 11) is 0. The van der Waals surface area contributed by atoms with E-state index >= 15 is 0 Å². The minimum absolute atomic E-state index is 0.278. The van der Waals surface area contributed by atoms with Gasteiger partial charge in [-0.05, 0) is 83.9 Å². The summed E-state index contributed by atoms with van der Waals surface area (Å²) in [6.45, 7) is 13.0. The topological polar surface area (TPSA) is 116 Å². The molecule has 50 heavy (non-hydrogen) atoms. The molecule has 1 aliphatic rings. The van der Waals surface area contributed by atoms with Crippen molar-refractivity contribution in [2.45, 2.75) is 104 Å². The van der Waals surface area contributed by atoms with Gasteiger partial charge in [0.15, 0.2) is 0 Å². The lowest BCUT2D eigenvalue weighted by molar-refractivity contribution is -0.00248. The summed E-state index contributed by atoms with van der Waals surface area (Å²) in [6.07, 6.45) is 3.02. The Balaban J connectivity index is 1.26. The molecule has 0 radical (unpaired) electrons. The highest BCUT2D eigenvalue weighted by atomic mass is 19.3. The molecule has 3 heterocycles. The Morgan fingerprint density at radius 2 is 1.66 bits per heavy atom. The van der Waals surface area contributed by atoms with Crippen LogP contribution in [-0.2, 0) is 16.0 Å². The fourth-order valence-electron chi connectivity index (χ4n) is 5.60. The summed E-state index contributed by atoms with van der Waals surface area (Å²) in [5, 5.41) is 0. The van der Waals surface area contributed by atoms with Crippen LogP contribution in [0.3, 0.4) is 0 Å². The highest BCUT2D eigenvalue weighted by Gasteiger charge is 2.50. The average molecular weight is 689 g/mol. The van der Waals surface area contributed by atoms with Crippen LogP contribution in [0.4, 0.5) is 18.4 Å². The van der Waals surface area contributed by atoms with Crippen molar-refractivity contribution < 1.29 is 27.8 Å². The smallest absolute Gasteiger partial charge is 0.411 e. The van der Waals surface area contributed by atoms with E-state index in [4.69, 9.17) is 9.47 Å². The van der Waals surface area contributed by atoms with Gasteiger partial charge in [0.05, 0.1) is 42.1 Å². The molecule has 1 atom stereocenters. The first-order valence-electron chi connectivity index (χ1n) is 17.0. The Bertz CT molecular complexity index is 1870. The number of carbonyl (C=O) groups excluding carboxylic acids is 2. The number of halogens is 2. The molecule has 12 heteroatoms. The lowest BCUT2D eigenvalue weighted by atomic mass is 10.1. The maximum Gasteiger partial charge on any atom is 0.411 e. The van der Waals surface area contributed by atoms with Crippen LogP contribution in [0.1, 0.15) is 103 Å². The minimum atomic E-state index is -3.05. The van der Waals surface area contributed by atoms with E-state index in [9.17, 15) is 18.4 Å². The third-order valence-corrected chi connectivity index (χ3v) is 7.91. The molecule has 0 unspecified atom stereocenters. The zero-order valence-corrected chi connectivity index (χ0v) is 29.8. The van der Waals surface area contributed by atoms with Crippen molar-refractivity contribution in [2.75, 3.05) is 13.1 Å². The fraction of sp³-hybridized carbons (Fsp3) is 0.474. The predicted molar refractivity (Wildman–Crippen MR) is 188 cm³/mol. The van der Waals surface area contributed by atoms with Gasteiger partial charge in [0.2, 0.25) is 0 Å². The van der Waals surface area contributed by atoms with Gasteiger partial charge in [0.1, 0.15) is 22.9 Å². The number of ether oxygens (including phenoxy) is 2. The number of alkyl halides is 2. The Morgan fingerprint density at radius 3 is 2.34 bits per heavy atom. The lowest BCUT2D eigenvalue weighted by Gasteiger charge is -2.27. The van der Waals surface area contributed by atoms with E-state index in [1.165, 1.54) is 0 Å². The normalized spacial score (nSPS) is 15.9. The van der Waals surface area contributed by atoms with Gasteiger partial charge in [-0.1, -0.05) is 43.7 Å². The molecule has 2 N–H and O–H groups in total. The quantitative estimate of drug-likeness (QED) is 0.142. The Hall–Kier alpha value is -4.92. The van der Waals surface area contributed by atoms with Crippen molar-refractivity contribution in [3.8, 4) is 23.1 Å². The maximum atomic E-state index is 14.5. The molecule has 0 bridgehead atoms.